The number of carbonyl (C=O) groups excluding carboxylic acids is 1. The van der Waals surface area contributed by atoms with Gasteiger partial charge in [0.1, 0.15) is 6.17 Å². The monoisotopic (exact) mass is 250 g/mol. The molecule has 18 heavy (non-hydrogen) atoms. The minimum Gasteiger partial charge on any atom is -0.466 e. The van der Waals surface area contributed by atoms with Crippen LogP contribution in [0.25, 0.3) is 0 Å². The number of methoxy groups -OCH3 is 1. The van der Waals surface area contributed by atoms with Gasteiger partial charge in [-0.25, -0.2) is 9.18 Å². The number of benzene rings is 1. The average molecular weight is 250 g/mol. The number of ether oxygens (including phenoxy) is 1. The molecule has 0 radical (unpaired) electrons. The topological polar surface area (TPSA) is 26.3 Å². The van der Waals surface area contributed by atoms with Gasteiger partial charge in [0.05, 0.1) is 12.7 Å². The summed E-state index contributed by atoms with van der Waals surface area (Å²) in [5.74, 6) is -0.662. The summed E-state index contributed by atoms with van der Waals surface area (Å²) in [6.45, 7) is 3.41. The second-order valence-electron chi connectivity index (χ2n) is 4.22. The normalized spacial score (nSPS) is 11.9. The lowest BCUT2D eigenvalue weighted by molar-refractivity contribution is -0.136. The Morgan fingerprint density at radius 3 is 2.61 bits per heavy atom. The van der Waals surface area contributed by atoms with E-state index >= 15 is 0 Å². The third kappa shape index (κ3) is 4.70. The third-order valence-corrected chi connectivity index (χ3v) is 2.84. The maximum atomic E-state index is 13.6. The van der Waals surface area contributed by atoms with Gasteiger partial charge >= 0.3 is 5.97 Å². The molecular formula is C15H19FO2. The first-order valence-corrected chi connectivity index (χ1v) is 6.10. The van der Waals surface area contributed by atoms with Crippen molar-refractivity contribution in [1.82, 2.24) is 0 Å². The van der Waals surface area contributed by atoms with Crippen molar-refractivity contribution in [3.8, 4) is 0 Å². The zero-order chi connectivity index (χ0) is 13.4. The summed E-state index contributed by atoms with van der Waals surface area (Å²) in [7, 11) is 1.23. The molecule has 0 aromatic heterocycles. The van der Waals surface area contributed by atoms with Crippen molar-refractivity contribution in [3.05, 3.63) is 48.0 Å². The van der Waals surface area contributed by atoms with Crippen LogP contribution in [0.4, 0.5) is 4.39 Å². The van der Waals surface area contributed by atoms with Crippen molar-refractivity contribution in [2.75, 3.05) is 7.11 Å². The number of aryl methyl sites for hydroxylation is 1. The largest absolute Gasteiger partial charge is 0.466 e. The van der Waals surface area contributed by atoms with Crippen molar-refractivity contribution < 1.29 is 13.9 Å². The van der Waals surface area contributed by atoms with Gasteiger partial charge in [-0.2, -0.15) is 0 Å². The molecule has 98 valence electrons. The summed E-state index contributed by atoms with van der Waals surface area (Å²) in [6.07, 6.45) is 1.58. The van der Waals surface area contributed by atoms with Crippen LogP contribution in [0, 0.1) is 0 Å². The molecule has 1 aromatic rings. The van der Waals surface area contributed by atoms with Crippen molar-refractivity contribution in [2.45, 2.75) is 31.9 Å². The quantitative estimate of drug-likeness (QED) is 0.421. The highest BCUT2D eigenvalue weighted by Gasteiger charge is 2.18. The summed E-state index contributed by atoms with van der Waals surface area (Å²) in [4.78, 5) is 11.0. The summed E-state index contributed by atoms with van der Waals surface area (Å²) in [6, 6.07) is 10.1. The van der Waals surface area contributed by atoms with E-state index < -0.39 is 12.1 Å². The highest BCUT2D eigenvalue weighted by atomic mass is 19.1. The number of hydrogen-bond donors (Lipinski definition) is 0. The summed E-state index contributed by atoms with van der Waals surface area (Å²) < 4.78 is 18.0. The number of halogens is 1. The molecule has 1 unspecified atom stereocenters. The Morgan fingerprint density at radius 2 is 2.00 bits per heavy atom. The van der Waals surface area contributed by atoms with Gasteiger partial charge in [-0.05, 0) is 31.2 Å². The van der Waals surface area contributed by atoms with Gasteiger partial charge in [0.2, 0.25) is 0 Å². The molecule has 0 fully saturated rings. The SMILES string of the molecule is C=C(C(=O)OC)C(F)CCCCc1ccccc1. The van der Waals surface area contributed by atoms with Gasteiger partial charge < -0.3 is 4.74 Å². The van der Waals surface area contributed by atoms with Gasteiger partial charge in [0.15, 0.2) is 0 Å². The van der Waals surface area contributed by atoms with Gasteiger partial charge in [-0.15, -0.1) is 0 Å². The fraction of sp³-hybridized carbons (Fsp3) is 0.400. The second kappa shape index (κ2) is 7.64. The molecule has 0 aliphatic carbocycles. The highest BCUT2D eigenvalue weighted by molar-refractivity contribution is 5.88. The Balaban J connectivity index is 2.22. The molecule has 0 bridgehead atoms. The number of esters is 1. The molecule has 1 atom stereocenters. The van der Waals surface area contributed by atoms with E-state index in [0.717, 1.165) is 19.3 Å². The van der Waals surface area contributed by atoms with Crippen LogP contribution in [0.15, 0.2) is 42.5 Å². The van der Waals surface area contributed by atoms with Crippen molar-refractivity contribution in [1.29, 1.82) is 0 Å². The maximum Gasteiger partial charge on any atom is 0.336 e. The average Bonchev–Trinajstić information content (AvgIpc) is 2.42. The molecule has 1 aromatic carbocycles. The van der Waals surface area contributed by atoms with Crippen molar-refractivity contribution in [2.24, 2.45) is 0 Å². The Bertz CT molecular complexity index is 387. The highest BCUT2D eigenvalue weighted by Crippen LogP contribution is 2.15. The van der Waals surface area contributed by atoms with Gasteiger partial charge in [0, 0.05) is 0 Å². The van der Waals surface area contributed by atoms with E-state index in [0.29, 0.717) is 6.42 Å². The molecule has 0 saturated carbocycles. The predicted molar refractivity (Wildman–Crippen MR) is 70.0 cm³/mol. The van der Waals surface area contributed by atoms with Crippen LogP contribution >= 0.6 is 0 Å². The standard InChI is InChI=1S/C15H19FO2/c1-12(15(17)18-2)14(16)11-7-6-10-13-8-4-3-5-9-13/h3-5,8-9,14H,1,6-7,10-11H2,2H3. The van der Waals surface area contributed by atoms with Crippen LogP contribution in [0.3, 0.4) is 0 Å². The molecule has 0 spiro atoms. The van der Waals surface area contributed by atoms with E-state index in [1.54, 1.807) is 0 Å². The van der Waals surface area contributed by atoms with Crippen molar-refractivity contribution in [3.63, 3.8) is 0 Å². The zero-order valence-corrected chi connectivity index (χ0v) is 10.7. The molecule has 3 heteroatoms. The third-order valence-electron chi connectivity index (χ3n) is 2.84. The molecule has 0 amide bonds. The van der Waals surface area contributed by atoms with E-state index in [-0.39, 0.29) is 5.57 Å². The molecule has 0 N–H and O–H groups in total. The van der Waals surface area contributed by atoms with Crippen LogP contribution in [0.2, 0.25) is 0 Å². The minimum atomic E-state index is -1.30. The number of unbranched alkanes of at least 4 members (excludes halogenated alkanes) is 1. The number of alkyl halides is 1. The molecule has 2 nitrogen and oxygen atoms in total. The molecule has 1 rings (SSSR count). The van der Waals surface area contributed by atoms with Gasteiger partial charge in [0.25, 0.3) is 0 Å². The van der Waals surface area contributed by atoms with Gasteiger partial charge in [-0.1, -0.05) is 36.9 Å². The summed E-state index contributed by atoms with van der Waals surface area (Å²) >= 11 is 0. The predicted octanol–water partition coefficient (Wildman–Crippen LogP) is 3.47. The number of carbonyl (C=O) groups is 1. The number of hydrogen-bond acceptors (Lipinski definition) is 2. The Labute approximate surface area is 107 Å². The fourth-order valence-electron chi connectivity index (χ4n) is 1.73. The summed E-state index contributed by atoms with van der Waals surface area (Å²) in [5.41, 5.74) is 1.16. The van der Waals surface area contributed by atoms with E-state index in [2.05, 4.69) is 23.4 Å². The molecular weight excluding hydrogens is 231 g/mol. The fourth-order valence-corrected chi connectivity index (χ4v) is 1.73. The van der Waals surface area contributed by atoms with Crippen LogP contribution in [-0.2, 0) is 16.0 Å². The second-order valence-corrected chi connectivity index (χ2v) is 4.22. The van der Waals surface area contributed by atoms with E-state index in [1.807, 2.05) is 18.2 Å². The lowest BCUT2D eigenvalue weighted by atomic mass is 10.0. The Morgan fingerprint density at radius 1 is 1.33 bits per heavy atom. The maximum absolute atomic E-state index is 13.6. The minimum absolute atomic E-state index is 0.0859. The molecule has 0 saturated heterocycles. The van der Waals surface area contributed by atoms with E-state index in [9.17, 15) is 9.18 Å². The molecule has 0 aliphatic rings. The van der Waals surface area contributed by atoms with Crippen LogP contribution in [0.5, 0.6) is 0 Å². The zero-order valence-electron chi connectivity index (χ0n) is 10.7. The lowest BCUT2D eigenvalue weighted by Gasteiger charge is -2.09. The van der Waals surface area contributed by atoms with Crippen LogP contribution in [-0.4, -0.2) is 19.3 Å². The van der Waals surface area contributed by atoms with Crippen LogP contribution in [0.1, 0.15) is 24.8 Å². The van der Waals surface area contributed by atoms with Crippen LogP contribution < -0.4 is 0 Å². The number of rotatable bonds is 7. The smallest absolute Gasteiger partial charge is 0.336 e. The first-order chi connectivity index (χ1) is 8.65. The van der Waals surface area contributed by atoms with Crippen molar-refractivity contribution >= 4 is 5.97 Å². The molecule has 0 heterocycles. The first kappa shape index (κ1) is 14.4. The van der Waals surface area contributed by atoms with E-state index in [4.69, 9.17) is 0 Å². The lowest BCUT2D eigenvalue weighted by Crippen LogP contribution is -2.14. The summed E-state index contributed by atoms with van der Waals surface area (Å²) in [5, 5.41) is 0. The molecule has 0 aliphatic heterocycles. The Kier molecular flexibility index (Phi) is 6.12. The van der Waals surface area contributed by atoms with E-state index in [1.165, 1.54) is 12.7 Å². The Hall–Kier alpha value is -1.64. The van der Waals surface area contributed by atoms with Gasteiger partial charge in [-0.3, -0.25) is 0 Å². The first-order valence-electron chi connectivity index (χ1n) is 6.10.